The number of benzene rings is 1. The Morgan fingerprint density at radius 2 is 2.16 bits per heavy atom. The van der Waals surface area contributed by atoms with Gasteiger partial charge in [-0.05, 0) is 41.8 Å². The zero-order valence-corrected chi connectivity index (χ0v) is 14.8. The molecule has 0 saturated carbocycles. The molecular formula is C16H20N6O2S. The van der Waals surface area contributed by atoms with E-state index in [1.54, 1.807) is 9.58 Å². The molecule has 1 saturated heterocycles. The standard InChI is InChI=1S/C16H20N6O2S/c1-11-5-2-3-7-13(11)22-16(18-19-20-22)25-10-14(23)21-8-4-6-12(9-21)15(17)24/h2-3,5,7,12H,4,6,8-10H2,1H3,(H2,17,24)/t12-/m1/s1. The number of rotatable bonds is 5. The number of carbonyl (C=O) groups is 2. The summed E-state index contributed by atoms with van der Waals surface area (Å²) >= 11 is 1.29. The number of aromatic nitrogens is 4. The Kier molecular flexibility index (Phi) is 5.32. The number of amides is 2. The van der Waals surface area contributed by atoms with E-state index >= 15 is 0 Å². The number of nitrogens with two attached hydrogens (primary N) is 1. The van der Waals surface area contributed by atoms with Crippen LogP contribution in [0.5, 0.6) is 0 Å². The molecule has 0 unspecified atom stereocenters. The van der Waals surface area contributed by atoms with E-state index in [4.69, 9.17) is 5.73 Å². The van der Waals surface area contributed by atoms with Crippen LogP contribution in [0.15, 0.2) is 29.4 Å². The number of carbonyl (C=O) groups excluding carboxylic acids is 2. The van der Waals surface area contributed by atoms with Crippen molar-refractivity contribution in [2.75, 3.05) is 18.8 Å². The summed E-state index contributed by atoms with van der Waals surface area (Å²) in [4.78, 5) is 25.5. The van der Waals surface area contributed by atoms with Gasteiger partial charge in [0.25, 0.3) is 0 Å². The summed E-state index contributed by atoms with van der Waals surface area (Å²) in [5, 5.41) is 12.3. The van der Waals surface area contributed by atoms with Crippen LogP contribution in [0.25, 0.3) is 5.69 Å². The number of para-hydroxylation sites is 1. The minimum atomic E-state index is -0.339. The van der Waals surface area contributed by atoms with Gasteiger partial charge < -0.3 is 10.6 Å². The molecule has 0 radical (unpaired) electrons. The molecule has 2 aromatic rings. The molecule has 132 valence electrons. The summed E-state index contributed by atoms with van der Waals surface area (Å²) in [6.45, 7) is 3.04. The van der Waals surface area contributed by atoms with Gasteiger partial charge in [-0.1, -0.05) is 30.0 Å². The van der Waals surface area contributed by atoms with Crippen molar-refractivity contribution in [3.05, 3.63) is 29.8 Å². The number of tetrazole rings is 1. The van der Waals surface area contributed by atoms with Crippen molar-refractivity contribution < 1.29 is 9.59 Å². The first-order valence-electron chi connectivity index (χ1n) is 8.10. The Morgan fingerprint density at radius 1 is 1.36 bits per heavy atom. The average molecular weight is 360 g/mol. The molecule has 1 atom stereocenters. The van der Waals surface area contributed by atoms with E-state index in [2.05, 4.69) is 15.5 Å². The molecule has 1 fully saturated rings. The van der Waals surface area contributed by atoms with Gasteiger partial charge in [0, 0.05) is 13.1 Å². The normalized spacial score (nSPS) is 17.5. The van der Waals surface area contributed by atoms with Gasteiger partial charge in [0.1, 0.15) is 0 Å². The molecule has 2 heterocycles. The fraction of sp³-hybridized carbons (Fsp3) is 0.438. The fourth-order valence-corrected chi connectivity index (χ4v) is 3.66. The van der Waals surface area contributed by atoms with Crippen molar-refractivity contribution in [1.82, 2.24) is 25.1 Å². The van der Waals surface area contributed by atoms with Crippen LogP contribution in [0.2, 0.25) is 0 Å². The van der Waals surface area contributed by atoms with Gasteiger partial charge in [0.2, 0.25) is 17.0 Å². The Bertz CT molecular complexity index is 777. The minimum absolute atomic E-state index is 0.0321. The molecule has 3 rings (SSSR count). The zero-order valence-electron chi connectivity index (χ0n) is 14.0. The van der Waals surface area contributed by atoms with E-state index in [1.807, 2.05) is 31.2 Å². The van der Waals surface area contributed by atoms with Gasteiger partial charge >= 0.3 is 0 Å². The van der Waals surface area contributed by atoms with Crippen LogP contribution in [0.1, 0.15) is 18.4 Å². The molecule has 0 spiro atoms. The third kappa shape index (κ3) is 3.98. The number of hydrogen-bond donors (Lipinski definition) is 1. The molecule has 1 aromatic heterocycles. The summed E-state index contributed by atoms with van der Waals surface area (Å²) < 4.78 is 1.63. The Labute approximate surface area is 149 Å². The maximum atomic E-state index is 12.5. The van der Waals surface area contributed by atoms with E-state index in [0.29, 0.717) is 18.2 Å². The minimum Gasteiger partial charge on any atom is -0.369 e. The number of hydrogen-bond acceptors (Lipinski definition) is 6. The smallest absolute Gasteiger partial charge is 0.233 e. The second kappa shape index (κ2) is 7.64. The number of piperidine rings is 1. The molecule has 25 heavy (non-hydrogen) atoms. The summed E-state index contributed by atoms with van der Waals surface area (Å²) in [7, 11) is 0. The SMILES string of the molecule is Cc1ccccc1-n1nnnc1SCC(=O)N1CCC[C@@H](C(N)=O)C1. The summed E-state index contributed by atoms with van der Waals surface area (Å²) in [6, 6.07) is 7.78. The highest BCUT2D eigenvalue weighted by atomic mass is 32.2. The van der Waals surface area contributed by atoms with E-state index in [9.17, 15) is 9.59 Å². The van der Waals surface area contributed by atoms with Crippen LogP contribution >= 0.6 is 11.8 Å². The quantitative estimate of drug-likeness (QED) is 0.790. The van der Waals surface area contributed by atoms with Gasteiger partial charge in [-0.15, -0.1) is 5.10 Å². The number of primary amides is 1. The maximum Gasteiger partial charge on any atom is 0.233 e. The molecule has 1 aliphatic heterocycles. The lowest BCUT2D eigenvalue weighted by Gasteiger charge is -2.31. The van der Waals surface area contributed by atoms with Crippen LogP contribution in [0, 0.1) is 12.8 Å². The third-order valence-corrected chi connectivity index (χ3v) is 5.19. The van der Waals surface area contributed by atoms with Crippen LogP contribution in [-0.4, -0.2) is 55.8 Å². The molecular weight excluding hydrogens is 340 g/mol. The molecule has 0 aliphatic carbocycles. The zero-order chi connectivity index (χ0) is 17.8. The average Bonchev–Trinajstić information content (AvgIpc) is 3.08. The van der Waals surface area contributed by atoms with Crippen LogP contribution in [-0.2, 0) is 9.59 Å². The lowest BCUT2D eigenvalue weighted by atomic mass is 9.97. The highest BCUT2D eigenvalue weighted by Crippen LogP contribution is 2.22. The van der Waals surface area contributed by atoms with Crippen LogP contribution in [0.4, 0.5) is 0 Å². The van der Waals surface area contributed by atoms with Crippen molar-refractivity contribution in [2.24, 2.45) is 11.7 Å². The van der Waals surface area contributed by atoms with Crippen molar-refractivity contribution in [3.8, 4) is 5.69 Å². The first-order valence-corrected chi connectivity index (χ1v) is 9.09. The second-order valence-corrected chi connectivity index (χ2v) is 6.97. The second-order valence-electron chi connectivity index (χ2n) is 6.03. The van der Waals surface area contributed by atoms with Crippen LogP contribution in [0.3, 0.4) is 0 Å². The molecule has 1 aromatic carbocycles. The molecule has 8 nitrogen and oxygen atoms in total. The van der Waals surface area contributed by atoms with Gasteiger partial charge in [-0.3, -0.25) is 9.59 Å². The molecule has 2 N–H and O–H groups in total. The molecule has 2 amide bonds. The number of nitrogens with zero attached hydrogens (tertiary/aromatic N) is 5. The van der Waals surface area contributed by atoms with Gasteiger partial charge in [-0.2, -0.15) is 4.68 Å². The summed E-state index contributed by atoms with van der Waals surface area (Å²) in [6.07, 6.45) is 1.54. The maximum absolute atomic E-state index is 12.5. The molecule has 1 aliphatic rings. The van der Waals surface area contributed by atoms with E-state index in [-0.39, 0.29) is 23.5 Å². The van der Waals surface area contributed by atoms with E-state index in [0.717, 1.165) is 24.1 Å². The Morgan fingerprint density at radius 3 is 2.92 bits per heavy atom. The topological polar surface area (TPSA) is 107 Å². The van der Waals surface area contributed by atoms with Crippen LogP contribution < -0.4 is 5.73 Å². The van der Waals surface area contributed by atoms with E-state index in [1.165, 1.54) is 11.8 Å². The number of aryl methyl sites for hydroxylation is 1. The largest absolute Gasteiger partial charge is 0.369 e. The monoisotopic (exact) mass is 360 g/mol. The lowest BCUT2D eigenvalue weighted by Crippen LogP contribution is -2.44. The third-order valence-electron chi connectivity index (χ3n) is 4.29. The van der Waals surface area contributed by atoms with Crippen molar-refractivity contribution in [3.63, 3.8) is 0 Å². The first-order chi connectivity index (χ1) is 12.1. The highest BCUT2D eigenvalue weighted by Gasteiger charge is 2.27. The number of likely N-dealkylation sites (tertiary alicyclic amines) is 1. The lowest BCUT2D eigenvalue weighted by molar-refractivity contribution is -0.132. The van der Waals surface area contributed by atoms with Crippen molar-refractivity contribution in [1.29, 1.82) is 0 Å². The van der Waals surface area contributed by atoms with Gasteiger partial charge in [0.15, 0.2) is 0 Å². The predicted molar refractivity (Wildman–Crippen MR) is 93.1 cm³/mol. The highest BCUT2D eigenvalue weighted by molar-refractivity contribution is 7.99. The summed E-state index contributed by atoms with van der Waals surface area (Å²) in [5.41, 5.74) is 7.30. The van der Waals surface area contributed by atoms with Crippen molar-refractivity contribution in [2.45, 2.75) is 24.9 Å². The predicted octanol–water partition coefficient (Wildman–Crippen LogP) is 0.787. The van der Waals surface area contributed by atoms with Crippen molar-refractivity contribution >= 4 is 23.6 Å². The number of thioether (sulfide) groups is 1. The Hall–Kier alpha value is -2.42. The van der Waals surface area contributed by atoms with E-state index < -0.39 is 0 Å². The molecule has 9 heteroatoms. The molecule has 0 bridgehead atoms. The summed E-state index contributed by atoms with van der Waals surface area (Å²) in [5.74, 6) is -0.401. The van der Waals surface area contributed by atoms with Gasteiger partial charge in [0.05, 0.1) is 17.4 Å². The first kappa shape index (κ1) is 17.4. The Balaban J connectivity index is 1.65. The fourth-order valence-electron chi connectivity index (χ4n) is 2.87. The van der Waals surface area contributed by atoms with Gasteiger partial charge in [-0.25, -0.2) is 0 Å².